The van der Waals surface area contributed by atoms with Crippen LogP contribution in [0.25, 0.3) is 0 Å². The van der Waals surface area contributed by atoms with E-state index in [2.05, 4.69) is 17.6 Å². The molecule has 1 heterocycles. The Balaban J connectivity index is 1.96. The highest BCUT2D eigenvalue weighted by molar-refractivity contribution is 5.94. The molecular formula is C16H23FN2O. The quantitative estimate of drug-likeness (QED) is 0.889. The van der Waals surface area contributed by atoms with E-state index in [0.717, 1.165) is 18.5 Å². The molecule has 3 nitrogen and oxygen atoms in total. The number of nitrogens with one attached hydrogen (secondary N) is 2. The Morgan fingerprint density at radius 3 is 3.05 bits per heavy atom. The summed E-state index contributed by atoms with van der Waals surface area (Å²) < 4.78 is 13.7. The van der Waals surface area contributed by atoms with Crippen LogP contribution in [0, 0.1) is 18.7 Å². The van der Waals surface area contributed by atoms with Crippen LogP contribution in [0.4, 0.5) is 4.39 Å². The lowest BCUT2D eigenvalue weighted by molar-refractivity contribution is 0.0938. The lowest BCUT2D eigenvalue weighted by Gasteiger charge is -2.32. The van der Waals surface area contributed by atoms with Gasteiger partial charge in [0.2, 0.25) is 0 Å². The van der Waals surface area contributed by atoms with Crippen molar-refractivity contribution in [2.75, 3.05) is 13.1 Å². The van der Waals surface area contributed by atoms with E-state index < -0.39 is 5.82 Å². The highest BCUT2D eigenvalue weighted by Gasteiger charge is 2.24. The monoisotopic (exact) mass is 278 g/mol. The van der Waals surface area contributed by atoms with Crippen molar-refractivity contribution < 1.29 is 9.18 Å². The van der Waals surface area contributed by atoms with Gasteiger partial charge in [-0.1, -0.05) is 25.0 Å². The minimum absolute atomic E-state index is 0.133. The third-order valence-electron chi connectivity index (χ3n) is 4.10. The molecule has 20 heavy (non-hydrogen) atoms. The molecule has 2 rings (SSSR count). The van der Waals surface area contributed by atoms with Gasteiger partial charge in [0.1, 0.15) is 5.82 Å². The van der Waals surface area contributed by atoms with Crippen molar-refractivity contribution in [2.45, 2.75) is 39.2 Å². The topological polar surface area (TPSA) is 41.1 Å². The van der Waals surface area contributed by atoms with Crippen molar-refractivity contribution in [3.05, 3.63) is 35.1 Å². The fourth-order valence-electron chi connectivity index (χ4n) is 2.86. The van der Waals surface area contributed by atoms with Crippen molar-refractivity contribution >= 4 is 5.91 Å². The summed E-state index contributed by atoms with van der Waals surface area (Å²) in [5.41, 5.74) is 1.02. The van der Waals surface area contributed by atoms with E-state index in [0.29, 0.717) is 18.5 Å². The number of carbonyl (C=O) groups excluding carboxylic acids is 1. The molecule has 1 aliphatic heterocycles. The van der Waals surface area contributed by atoms with Gasteiger partial charge in [0.15, 0.2) is 0 Å². The molecule has 0 spiro atoms. The van der Waals surface area contributed by atoms with Crippen LogP contribution in [-0.4, -0.2) is 25.0 Å². The van der Waals surface area contributed by atoms with Gasteiger partial charge in [-0.2, -0.15) is 0 Å². The SMILES string of the molecule is CCC1CCCNC1CNC(=O)c1cc(C)ccc1F. The number of hydrogen-bond donors (Lipinski definition) is 2. The molecule has 1 aliphatic rings. The molecule has 2 atom stereocenters. The van der Waals surface area contributed by atoms with Crippen LogP contribution >= 0.6 is 0 Å². The number of piperidine rings is 1. The van der Waals surface area contributed by atoms with Gasteiger partial charge in [-0.05, 0) is 44.4 Å². The molecule has 0 aliphatic carbocycles. The molecular weight excluding hydrogens is 255 g/mol. The number of hydrogen-bond acceptors (Lipinski definition) is 2. The average molecular weight is 278 g/mol. The molecule has 1 saturated heterocycles. The lowest BCUT2D eigenvalue weighted by Crippen LogP contribution is -2.48. The van der Waals surface area contributed by atoms with E-state index >= 15 is 0 Å². The predicted octanol–water partition coefficient (Wildman–Crippen LogP) is 2.64. The van der Waals surface area contributed by atoms with E-state index in [1.54, 1.807) is 12.1 Å². The zero-order valence-electron chi connectivity index (χ0n) is 12.2. The molecule has 110 valence electrons. The summed E-state index contributed by atoms with van der Waals surface area (Å²) in [7, 11) is 0. The van der Waals surface area contributed by atoms with E-state index in [9.17, 15) is 9.18 Å². The smallest absolute Gasteiger partial charge is 0.254 e. The van der Waals surface area contributed by atoms with Gasteiger partial charge in [-0.25, -0.2) is 4.39 Å². The van der Waals surface area contributed by atoms with E-state index in [-0.39, 0.29) is 11.5 Å². The van der Waals surface area contributed by atoms with Gasteiger partial charge < -0.3 is 10.6 Å². The van der Waals surface area contributed by atoms with Crippen molar-refractivity contribution in [2.24, 2.45) is 5.92 Å². The van der Waals surface area contributed by atoms with Crippen LogP contribution in [0.15, 0.2) is 18.2 Å². The summed E-state index contributed by atoms with van der Waals surface area (Å²) in [5.74, 6) is -0.198. The van der Waals surface area contributed by atoms with E-state index in [4.69, 9.17) is 0 Å². The van der Waals surface area contributed by atoms with Gasteiger partial charge >= 0.3 is 0 Å². The number of carbonyl (C=O) groups is 1. The number of aryl methyl sites for hydroxylation is 1. The summed E-state index contributed by atoms with van der Waals surface area (Å²) in [4.78, 5) is 12.1. The minimum Gasteiger partial charge on any atom is -0.350 e. The third-order valence-corrected chi connectivity index (χ3v) is 4.10. The van der Waals surface area contributed by atoms with Gasteiger partial charge in [0, 0.05) is 12.6 Å². The first-order chi connectivity index (χ1) is 9.61. The van der Waals surface area contributed by atoms with Gasteiger partial charge in [0.05, 0.1) is 5.56 Å². The van der Waals surface area contributed by atoms with Crippen molar-refractivity contribution in [1.82, 2.24) is 10.6 Å². The second-order valence-corrected chi connectivity index (χ2v) is 5.56. The van der Waals surface area contributed by atoms with Gasteiger partial charge in [0.25, 0.3) is 5.91 Å². The second-order valence-electron chi connectivity index (χ2n) is 5.56. The molecule has 0 radical (unpaired) electrons. The fraction of sp³-hybridized carbons (Fsp3) is 0.562. The zero-order chi connectivity index (χ0) is 14.5. The first-order valence-electron chi connectivity index (χ1n) is 7.39. The Kier molecular flexibility index (Phi) is 5.12. The Morgan fingerprint density at radius 1 is 1.50 bits per heavy atom. The van der Waals surface area contributed by atoms with Crippen molar-refractivity contribution in [1.29, 1.82) is 0 Å². The molecule has 1 aromatic rings. The summed E-state index contributed by atoms with van der Waals surface area (Å²) >= 11 is 0. The first kappa shape index (κ1) is 15.0. The summed E-state index contributed by atoms with van der Waals surface area (Å²) in [6, 6.07) is 4.90. The summed E-state index contributed by atoms with van der Waals surface area (Å²) in [6.07, 6.45) is 3.49. The molecule has 1 amide bonds. The molecule has 0 bridgehead atoms. The minimum atomic E-state index is -0.461. The van der Waals surface area contributed by atoms with Crippen molar-refractivity contribution in [3.63, 3.8) is 0 Å². The molecule has 1 fully saturated rings. The molecule has 0 aromatic heterocycles. The highest BCUT2D eigenvalue weighted by Crippen LogP contribution is 2.19. The molecule has 4 heteroatoms. The maximum atomic E-state index is 13.7. The van der Waals surface area contributed by atoms with Crippen LogP contribution in [0.1, 0.15) is 42.1 Å². The largest absolute Gasteiger partial charge is 0.350 e. The third kappa shape index (κ3) is 3.57. The Labute approximate surface area is 120 Å². The van der Waals surface area contributed by atoms with Gasteiger partial charge in [-0.15, -0.1) is 0 Å². The lowest BCUT2D eigenvalue weighted by atomic mass is 9.88. The van der Waals surface area contributed by atoms with Crippen LogP contribution in [0.3, 0.4) is 0 Å². The number of rotatable bonds is 4. The Bertz CT molecular complexity index is 476. The van der Waals surface area contributed by atoms with E-state index in [1.165, 1.54) is 18.9 Å². The molecule has 2 unspecified atom stereocenters. The van der Waals surface area contributed by atoms with E-state index in [1.807, 2.05) is 6.92 Å². The Hall–Kier alpha value is -1.42. The Morgan fingerprint density at radius 2 is 2.30 bits per heavy atom. The van der Waals surface area contributed by atoms with Crippen molar-refractivity contribution in [3.8, 4) is 0 Å². The predicted molar refractivity (Wildman–Crippen MR) is 78.3 cm³/mol. The molecule has 2 N–H and O–H groups in total. The average Bonchev–Trinajstić information content (AvgIpc) is 2.47. The van der Waals surface area contributed by atoms with Crippen LogP contribution in [-0.2, 0) is 0 Å². The maximum Gasteiger partial charge on any atom is 0.254 e. The zero-order valence-corrected chi connectivity index (χ0v) is 12.2. The van der Waals surface area contributed by atoms with Gasteiger partial charge in [-0.3, -0.25) is 4.79 Å². The fourth-order valence-corrected chi connectivity index (χ4v) is 2.86. The molecule has 0 saturated carbocycles. The van der Waals surface area contributed by atoms with Crippen LogP contribution in [0.5, 0.6) is 0 Å². The summed E-state index contributed by atoms with van der Waals surface area (Å²) in [6.45, 7) is 5.58. The van der Waals surface area contributed by atoms with Crippen LogP contribution < -0.4 is 10.6 Å². The maximum absolute atomic E-state index is 13.7. The normalized spacial score (nSPS) is 22.6. The second kappa shape index (κ2) is 6.84. The summed E-state index contributed by atoms with van der Waals surface area (Å²) in [5, 5.41) is 6.30. The number of halogens is 1. The number of amides is 1. The van der Waals surface area contributed by atoms with Crippen LogP contribution in [0.2, 0.25) is 0 Å². The standard InChI is InChI=1S/C16H23FN2O/c1-3-12-5-4-8-18-15(12)10-19-16(20)13-9-11(2)6-7-14(13)17/h6-7,9,12,15,18H,3-5,8,10H2,1-2H3,(H,19,20). The highest BCUT2D eigenvalue weighted by atomic mass is 19.1. The molecule has 1 aromatic carbocycles. The number of benzene rings is 1. The first-order valence-corrected chi connectivity index (χ1v) is 7.39.